The number of Topliss-reactive ketones (excluding diaryl/α,β-unsaturated/α-hetero) is 1. The van der Waals surface area contributed by atoms with Crippen molar-refractivity contribution in [1.29, 1.82) is 0 Å². The van der Waals surface area contributed by atoms with Gasteiger partial charge in [-0.25, -0.2) is 4.79 Å². The van der Waals surface area contributed by atoms with Crippen LogP contribution in [0.15, 0.2) is 0 Å². The molecule has 1 spiro atoms. The number of ether oxygens (including phenoxy) is 2. The van der Waals surface area contributed by atoms with Crippen molar-refractivity contribution in [2.24, 2.45) is 5.41 Å². The summed E-state index contributed by atoms with van der Waals surface area (Å²) in [7, 11) is 0. The minimum atomic E-state index is -0.522. The molecule has 0 radical (unpaired) electrons. The summed E-state index contributed by atoms with van der Waals surface area (Å²) in [4.78, 5) is 25.5. The predicted molar refractivity (Wildman–Crippen MR) is 65.3 cm³/mol. The number of likely N-dealkylation sites (tertiary alicyclic amines) is 1. The summed E-state index contributed by atoms with van der Waals surface area (Å²) in [6.07, 6.45) is 1.07. The lowest BCUT2D eigenvalue weighted by molar-refractivity contribution is -0.133. The second-order valence-electron chi connectivity index (χ2n) is 6.16. The van der Waals surface area contributed by atoms with Crippen LogP contribution in [0.5, 0.6) is 0 Å². The van der Waals surface area contributed by atoms with Crippen LogP contribution in [0.1, 0.15) is 33.6 Å². The Balaban J connectivity index is 1.96. The fraction of sp³-hybridized carbons (Fsp3) is 0.846. The lowest BCUT2D eigenvalue weighted by atomic mass is 9.77. The third kappa shape index (κ3) is 2.66. The average molecular weight is 255 g/mol. The maximum atomic E-state index is 12.2. The monoisotopic (exact) mass is 255 g/mol. The van der Waals surface area contributed by atoms with Crippen LogP contribution in [-0.2, 0) is 14.3 Å². The first kappa shape index (κ1) is 13.3. The predicted octanol–water partition coefficient (Wildman–Crippen LogP) is 1.60. The molecule has 2 fully saturated rings. The highest BCUT2D eigenvalue weighted by atomic mass is 16.6. The van der Waals surface area contributed by atoms with Gasteiger partial charge in [0.25, 0.3) is 0 Å². The van der Waals surface area contributed by atoms with E-state index in [1.165, 1.54) is 4.90 Å². The second kappa shape index (κ2) is 4.53. The van der Waals surface area contributed by atoms with Gasteiger partial charge in [0.15, 0.2) is 5.78 Å². The summed E-state index contributed by atoms with van der Waals surface area (Å²) < 4.78 is 10.6. The highest BCUT2D eigenvalue weighted by Crippen LogP contribution is 2.36. The van der Waals surface area contributed by atoms with Gasteiger partial charge < -0.3 is 14.4 Å². The van der Waals surface area contributed by atoms with Crippen LogP contribution in [0, 0.1) is 5.41 Å². The van der Waals surface area contributed by atoms with Crippen molar-refractivity contribution < 1.29 is 19.1 Å². The summed E-state index contributed by atoms with van der Waals surface area (Å²) in [6.45, 7) is 7.35. The van der Waals surface area contributed by atoms with E-state index in [1.807, 2.05) is 20.8 Å². The van der Waals surface area contributed by atoms with Gasteiger partial charge in [-0.3, -0.25) is 4.79 Å². The number of rotatable bonds is 0. The Hall–Kier alpha value is -1.10. The molecule has 2 saturated heterocycles. The molecule has 5 nitrogen and oxygen atoms in total. The van der Waals surface area contributed by atoms with Gasteiger partial charge in [-0.2, -0.15) is 0 Å². The molecule has 2 aliphatic heterocycles. The third-order valence-corrected chi connectivity index (χ3v) is 3.54. The lowest BCUT2D eigenvalue weighted by Gasteiger charge is -2.37. The molecular formula is C13H21NO4. The maximum Gasteiger partial charge on any atom is 0.410 e. The van der Waals surface area contributed by atoms with Gasteiger partial charge in [0.05, 0.1) is 18.6 Å². The minimum absolute atomic E-state index is 0.108. The van der Waals surface area contributed by atoms with E-state index in [9.17, 15) is 9.59 Å². The van der Waals surface area contributed by atoms with Gasteiger partial charge in [0.1, 0.15) is 5.60 Å². The van der Waals surface area contributed by atoms with Gasteiger partial charge in [-0.05, 0) is 33.6 Å². The fourth-order valence-electron chi connectivity index (χ4n) is 2.42. The van der Waals surface area contributed by atoms with E-state index < -0.39 is 11.7 Å². The van der Waals surface area contributed by atoms with Crippen LogP contribution < -0.4 is 0 Å². The van der Waals surface area contributed by atoms with E-state index in [2.05, 4.69) is 0 Å². The van der Waals surface area contributed by atoms with Crippen molar-refractivity contribution in [1.82, 2.24) is 4.90 Å². The molecular weight excluding hydrogens is 234 g/mol. The summed E-state index contributed by atoms with van der Waals surface area (Å²) in [5.74, 6) is 0.108. The number of carbonyl (C=O) groups is 2. The molecule has 2 aliphatic rings. The molecule has 0 bridgehead atoms. The number of hydrogen-bond acceptors (Lipinski definition) is 4. The van der Waals surface area contributed by atoms with Crippen LogP contribution in [0.4, 0.5) is 4.79 Å². The maximum absolute atomic E-state index is 12.2. The van der Waals surface area contributed by atoms with E-state index >= 15 is 0 Å². The average Bonchev–Trinajstić information content (AvgIpc) is 2.69. The molecule has 18 heavy (non-hydrogen) atoms. The molecule has 1 unspecified atom stereocenters. The lowest BCUT2D eigenvalue weighted by Crippen LogP contribution is -2.51. The van der Waals surface area contributed by atoms with E-state index in [0.717, 1.165) is 6.42 Å². The molecule has 0 aromatic heterocycles. The largest absolute Gasteiger partial charge is 0.444 e. The van der Waals surface area contributed by atoms with Crippen LogP contribution in [0.25, 0.3) is 0 Å². The first-order valence-corrected chi connectivity index (χ1v) is 6.41. The molecule has 0 saturated carbocycles. The van der Waals surface area contributed by atoms with Crippen molar-refractivity contribution in [2.75, 3.05) is 26.3 Å². The Morgan fingerprint density at radius 3 is 2.61 bits per heavy atom. The molecule has 0 aliphatic carbocycles. The van der Waals surface area contributed by atoms with Crippen molar-refractivity contribution >= 4 is 11.9 Å². The van der Waals surface area contributed by atoms with E-state index in [-0.39, 0.29) is 17.7 Å². The molecule has 0 N–H and O–H groups in total. The quantitative estimate of drug-likeness (QED) is 0.660. The normalized spacial score (nSPS) is 28.8. The molecule has 0 aromatic carbocycles. The zero-order valence-corrected chi connectivity index (χ0v) is 11.3. The number of piperidine rings is 1. The summed E-state index contributed by atoms with van der Waals surface area (Å²) in [5.41, 5.74) is -0.857. The first-order chi connectivity index (χ1) is 8.32. The zero-order valence-electron chi connectivity index (χ0n) is 11.3. The third-order valence-electron chi connectivity index (χ3n) is 3.54. The highest BCUT2D eigenvalue weighted by molar-refractivity contribution is 5.90. The molecule has 1 atom stereocenters. The van der Waals surface area contributed by atoms with E-state index in [1.54, 1.807) is 0 Å². The van der Waals surface area contributed by atoms with Gasteiger partial charge >= 0.3 is 6.09 Å². The van der Waals surface area contributed by atoms with Gasteiger partial charge in [0, 0.05) is 13.2 Å². The zero-order chi connectivity index (χ0) is 13.4. The van der Waals surface area contributed by atoms with Crippen molar-refractivity contribution in [3.63, 3.8) is 0 Å². The summed E-state index contributed by atoms with van der Waals surface area (Å²) in [5, 5.41) is 0. The van der Waals surface area contributed by atoms with Gasteiger partial charge in [0.2, 0.25) is 0 Å². The molecule has 2 heterocycles. The smallest absolute Gasteiger partial charge is 0.410 e. The first-order valence-electron chi connectivity index (χ1n) is 6.41. The van der Waals surface area contributed by atoms with Crippen molar-refractivity contribution in [2.45, 2.75) is 39.2 Å². The Morgan fingerprint density at radius 2 is 2.11 bits per heavy atom. The molecule has 1 amide bonds. The Labute approximate surface area is 107 Å². The summed E-state index contributed by atoms with van der Waals surface area (Å²) in [6, 6.07) is 0. The second-order valence-corrected chi connectivity index (χ2v) is 6.16. The Morgan fingerprint density at radius 1 is 1.39 bits per heavy atom. The van der Waals surface area contributed by atoms with Gasteiger partial charge in [-0.1, -0.05) is 0 Å². The standard InChI is InChI=1S/C13H21NO4/c1-12(2,3)18-11(16)14-6-4-13(10(15)8-14)5-7-17-9-13/h4-9H2,1-3H3. The number of nitrogens with zero attached hydrogens (tertiary/aromatic N) is 1. The Kier molecular flexibility index (Phi) is 3.36. The van der Waals surface area contributed by atoms with Crippen LogP contribution in [0.2, 0.25) is 0 Å². The molecule has 102 valence electrons. The van der Waals surface area contributed by atoms with Crippen LogP contribution in [0.3, 0.4) is 0 Å². The Bertz CT molecular complexity index is 352. The van der Waals surface area contributed by atoms with Gasteiger partial charge in [-0.15, -0.1) is 0 Å². The fourth-order valence-corrected chi connectivity index (χ4v) is 2.42. The van der Waals surface area contributed by atoms with Crippen LogP contribution in [-0.4, -0.2) is 48.7 Å². The van der Waals surface area contributed by atoms with E-state index in [4.69, 9.17) is 9.47 Å². The number of ketones is 1. The molecule has 2 rings (SSSR count). The summed E-state index contributed by atoms with van der Waals surface area (Å²) >= 11 is 0. The number of amides is 1. The topological polar surface area (TPSA) is 55.8 Å². The van der Waals surface area contributed by atoms with Crippen LogP contribution >= 0.6 is 0 Å². The SMILES string of the molecule is CC(C)(C)OC(=O)N1CCC2(CCOC2)C(=O)C1. The molecule has 0 aromatic rings. The minimum Gasteiger partial charge on any atom is -0.444 e. The molecule has 5 heteroatoms. The number of hydrogen-bond donors (Lipinski definition) is 0. The highest BCUT2D eigenvalue weighted by Gasteiger charge is 2.46. The van der Waals surface area contributed by atoms with Crippen molar-refractivity contribution in [3.8, 4) is 0 Å². The number of carbonyl (C=O) groups excluding carboxylic acids is 2. The van der Waals surface area contributed by atoms with E-state index in [0.29, 0.717) is 26.2 Å². The van der Waals surface area contributed by atoms with Crippen molar-refractivity contribution in [3.05, 3.63) is 0 Å².